The minimum Gasteiger partial charge on any atom is -0.316 e. The average molecular weight is 174 g/mol. The molecule has 2 nitrogen and oxygen atoms in total. The highest BCUT2D eigenvalue weighted by Gasteiger charge is 2.09. The number of nitrogens with one attached hydrogen (secondary N) is 1. The molecule has 1 saturated heterocycles. The summed E-state index contributed by atoms with van der Waals surface area (Å²) in [4.78, 5) is 4.23. The fraction of sp³-hybridized carbons (Fsp3) is 0.364. The summed E-state index contributed by atoms with van der Waals surface area (Å²) >= 11 is 0. The van der Waals surface area contributed by atoms with Gasteiger partial charge in [-0.15, -0.1) is 0 Å². The summed E-state index contributed by atoms with van der Waals surface area (Å²) in [6.07, 6.45) is 7.44. The standard InChI is InChI=1S/C11H14N2/c1-2-7-13-11(3-1)5-4-10-6-8-12-9-10/h1-5,7,10,12H,6,8-9H2/b5-4+. The van der Waals surface area contributed by atoms with Gasteiger partial charge in [-0.25, -0.2) is 0 Å². The second-order valence-corrected chi connectivity index (χ2v) is 3.37. The molecule has 68 valence electrons. The molecule has 2 rings (SSSR count). The van der Waals surface area contributed by atoms with Gasteiger partial charge in [0.05, 0.1) is 5.69 Å². The van der Waals surface area contributed by atoms with E-state index < -0.39 is 0 Å². The molecule has 1 aliphatic heterocycles. The van der Waals surface area contributed by atoms with Gasteiger partial charge in [-0.3, -0.25) is 4.98 Å². The van der Waals surface area contributed by atoms with E-state index in [1.165, 1.54) is 6.42 Å². The fourth-order valence-corrected chi connectivity index (χ4v) is 1.55. The molecule has 0 bridgehead atoms. The summed E-state index contributed by atoms with van der Waals surface area (Å²) in [5.41, 5.74) is 1.05. The average Bonchev–Trinajstić information content (AvgIpc) is 2.69. The third-order valence-corrected chi connectivity index (χ3v) is 2.33. The maximum atomic E-state index is 4.23. The summed E-state index contributed by atoms with van der Waals surface area (Å²) in [5, 5.41) is 3.34. The molecule has 1 aromatic heterocycles. The molecule has 0 aliphatic carbocycles. The van der Waals surface area contributed by atoms with E-state index in [0.717, 1.165) is 18.8 Å². The van der Waals surface area contributed by atoms with Crippen LogP contribution < -0.4 is 5.32 Å². The van der Waals surface area contributed by atoms with Gasteiger partial charge < -0.3 is 5.32 Å². The molecule has 1 fully saturated rings. The second-order valence-electron chi connectivity index (χ2n) is 3.37. The smallest absolute Gasteiger partial charge is 0.0626 e. The van der Waals surface area contributed by atoms with Crippen molar-refractivity contribution in [2.75, 3.05) is 13.1 Å². The van der Waals surface area contributed by atoms with E-state index in [4.69, 9.17) is 0 Å². The van der Waals surface area contributed by atoms with Crippen LogP contribution in [0.5, 0.6) is 0 Å². The predicted octanol–water partition coefficient (Wildman–Crippen LogP) is 1.70. The van der Waals surface area contributed by atoms with Crippen molar-refractivity contribution < 1.29 is 0 Å². The Morgan fingerprint density at radius 2 is 2.46 bits per heavy atom. The molecule has 0 aromatic carbocycles. The van der Waals surface area contributed by atoms with Crippen molar-refractivity contribution in [3.05, 3.63) is 36.2 Å². The van der Waals surface area contributed by atoms with Gasteiger partial charge in [0.25, 0.3) is 0 Å². The lowest BCUT2D eigenvalue weighted by Gasteiger charge is -1.98. The molecule has 2 heterocycles. The number of nitrogens with zero attached hydrogens (tertiary/aromatic N) is 1. The molecule has 13 heavy (non-hydrogen) atoms. The summed E-state index contributed by atoms with van der Waals surface area (Å²) in [5.74, 6) is 0.696. The zero-order chi connectivity index (χ0) is 8.93. The Morgan fingerprint density at radius 3 is 3.15 bits per heavy atom. The zero-order valence-corrected chi connectivity index (χ0v) is 7.61. The van der Waals surface area contributed by atoms with E-state index in [0.29, 0.717) is 5.92 Å². The number of hydrogen-bond acceptors (Lipinski definition) is 2. The first-order valence-corrected chi connectivity index (χ1v) is 4.75. The van der Waals surface area contributed by atoms with Gasteiger partial charge in [-0.1, -0.05) is 12.1 Å². The van der Waals surface area contributed by atoms with Gasteiger partial charge in [0.2, 0.25) is 0 Å². The fourth-order valence-electron chi connectivity index (χ4n) is 1.55. The van der Waals surface area contributed by atoms with Crippen LogP contribution in [0.1, 0.15) is 12.1 Å². The molecule has 2 heteroatoms. The van der Waals surface area contributed by atoms with Crippen molar-refractivity contribution in [1.29, 1.82) is 0 Å². The topological polar surface area (TPSA) is 24.9 Å². The second kappa shape index (κ2) is 4.19. The zero-order valence-electron chi connectivity index (χ0n) is 7.61. The molecule has 0 radical (unpaired) electrons. The Labute approximate surface area is 78.7 Å². The molecule has 1 atom stereocenters. The van der Waals surface area contributed by atoms with Crippen LogP contribution in [0.4, 0.5) is 0 Å². The lowest BCUT2D eigenvalue weighted by molar-refractivity contribution is 0.731. The molecule has 0 saturated carbocycles. The number of pyridine rings is 1. The van der Waals surface area contributed by atoms with E-state index in [1.54, 1.807) is 0 Å². The maximum Gasteiger partial charge on any atom is 0.0626 e. The number of rotatable bonds is 2. The van der Waals surface area contributed by atoms with Crippen LogP contribution in [0.2, 0.25) is 0 Å². The van der Waals surface area contributed by atoms with Crippen LogP contribution in [0, 0.1) is 5.92 Å². The first kappa shape index (κ1) is 8.45. The Bertz CT molecular complexity index is 273. The maximum absolute atomic E-state index is 4.23. The van der Waals surface area contributed by atoms with Crippen LogP contribution >= 0.6 is 0 Å². The summed E-state index contributed by atoms with van der Waals surface area (Å²) < 4.78 is 0. The number of hydrogen-bond donors (Lipinski definition) is 1. The Morgan fingerprint density at radius 1 is 1.46 bits per heavy atom. The molecule has 0 spiro atoms. The number of aromatic nitrogens is 1. The highest BCUT2D eigenvalue weighted by molar-refractivity contribution is 5.44. The first-order chi connectivity index (χ1) is 6.45. The van der Waals surface area contributed by atoms with Crippen molar-refractivity contribution in [2.45, 2.75) is 6.42 Å². The van der Waals surface area contributed by atoms with Crippen LogP contribution in [0.15, 0.2) is 30.5 Å². The monoisotopic (exact) mass is 174 g/mol. The van der Waals surface area contributed by atoms with Gasteiger partial charge in [-0.2, -0.15) is 0 Å². The van der Waals surface area contributed by atoms with E-state index in [1.807, 2.05) is 24.4 Å². The summed E-state index contributed by atoms with van der Waals surface area (Å²) in [6, 6.07) is 5.98. The normalized spacial score (nSPS) is 22.6. The van der Waals surface area contributed by atoms with Gasteiger partial charge >= 0.3 is 0 Å². The minimum atomic E-state index is 0.696. The van der Waals surface area contributed by atoms with Crippen molar-refractivity contribution in [2.24, 2.45) is 5.92 Å². The van der Waals surface area contributed by atoms with Crippen LogP contribution in [0.25, 0.3) is 6.08 Å². The lowest BCUT2D eigenvalue weighted by atomic mass is 10.1. The summed E-state index contributed by atoms with van der Waals surface area (Å²) in [6.45, 7) is 2.26. The molecule has 0 amide bonds. The van der Waals surface area contributed by atoms with Gasteiger partial charge in [0.1, 0.15) is 0 Å². The van der Waals surface area contributed by atoms with Crippen molar-refractivity contribution >= 4 is 6.08 Å². The molecule has 1 unspecified atom stereocenters. The molecule has 1 aromatic rings. The van der Waals surface area contributed by atoms with Crippen LogP contribution in [-0.2, 0) is 0 Å². The molecule has 1 N–H and O–H groups in total. The van der Waals surface area contributed by atoms with E-state index >= 15 is 0 Å². The molecular weight excluding hydrogens is 160 g/mol. The third-order valence-electron chi connectivity index (χ3n) is 2.33. The largest absolute Gasteiger partial charge is 0.316 e. The molecule has 1 aliphatic rings. The van der Waals surface area contributed by atoms with Crippen molar-refractivity contribution in [3.63, 3.8) is 0 Å². The van der Waals surface area contributed by atoms with Gasteiger partial charge in [0, 0.05) is 12.7 Å². The summed E-state index contributed by atoms with van der Waals surface area (Å²) in [7, 11) is 0. The Kier molecular flexibility index (Phi) is 2.72. The van der Waals surface area contributed by atoms with E-state index in [-0.39, 0.29) is 0 Å². The quantitative estimate of drug-likeness (QED) is 0.738. The van der Waals surface area contributed by atoms with Gasteiger partial charge in [-0.05, 0) is 37.1 Å². The Hall–Kier alpha value is -1.15. The molecular formula is C11H14N2. The van der Waals surface area contributed by atoms with Crippen LogP contribution in [0.3, 0.4) is 0 Å². The predicted molar refractivity (Wildman–Crippen MR) is 54.2 cm³/mol. The lowest BCUT2D eigenvalue weighted by Crippen LogP contribution is -2.07. The highest BCUT2D eigenvalue weighted by Crippen LogP contribution is 2.10. The Balaban J connectivity index is 1.97. The first-order valence-electron chi connectivity index (χ1n) is 4.75. The van der Waals surface area contributed by atoms with E-state index in [2.05, 4.69) is 22.5 Å². The minimum absolute atomic E-state index is 0.696. The van der Waals surface area contributed by atoms with Crippen molar-refractivity contribution in [1.82, 2.24) is 10.3 Å². The highest BCUT2D eigenvalue weighted by atomic mass is 14.9. The third kappa shape index (κ3) is 2.39. The van der Waals surface area contributed by atoms with Crippen molar-refractivity contribution in [3.8, 4) is 0 Å². The van der Waals surface area contributed by atoms with Crippen LogP contribution in [-0.4, -0.2) is 18.1 Å². The van der Waals surface area contributed by atoms with E-state index in [9.17, 15) is 0 Å². The van der Waals surface area contributed by atoms with Gasteiger partial charge in [0.15, 0.2) is 0 Å². The SMILES string of the molecule is C(=C\C1CCNC1)/c1ccccn1.